The van der Waals surface area contributed by atoms with Crippen LogP contribution in [0, 0.1) is 5.82 Å². The lowest BCUT2D eigenvalue weighted by molar-refractivity contribution is -0.145. The van der Waals surface area contributed by atoms with Gasteiger partial charge in [-0.1, -0.05) is 55.5 Å². The zero-order chi connectivity index (χ0) is 29.6. The summed E-state index contributed by atoms with van der Waals surface area (Å²) in [6.07, 6.45) is -5.19. The molecule has 4 aromatic rings. The molecule has 2 N–H and O–H groups in total. The summed E-state index contributed by atoms with van der Waals surface area (Å²) in [4.78, 5) is 25.7. The Hall–Kier alpha value is -4.86. The molecule has 6 nitrogen and oxygen atoms in total. The fraction of sp³-hybridized carbons (Fsp3) is 0.161. The number of carboxylic acid groups (broad SMARTS) is 1. The summed E-state index contributed by atoms with van der Waals surface area (Å²) in [6, 6.07) is 23.0. The summed E-state index contributed by atoms with van der Waals surface area (Å²) in [7, 11) is 0. The van der Waals surface area contributed by atoms with Crippen LogP contribution in [0.2, 0.25) is 0 Å². The molecule has 0 aliphatic heterocycles. The molecule has 0 saturated carbocycles. The first-order chi connectivity index (χ1) is 19.5. The van der Waals surface area contributed by atoms with E-state index in [1.54, 1.807) is 43.3 Å². The number of hydrogen-bond acceptors (Lipinski definition) is 3. The summed E-state index contributed by atoms with van der Waals surface area (Å²) in [6.45, 7) is 1.73. The van der Waals surface area contributed by atoms with E-state index < -0.39 is 35.7 Å². The summed E-state index contributed by atoms with van der Waals surface area (Å²) < 4.78 is 58.9. The Bertz CT molecular complexity index is 1510. The number of anilines is 2. The first-order valence-electron chi connectivity index (χ1n) is 12.6. The van der Waals surface area contributed by atoms with Crippen LogP contribution >= 0.6 is 0 Å². The molecule has 10 heteroatoms. The van der Waals surface area contributed by atoms with Crippen molar-refractivity contribution < 1.29 is 37.0 Å². The molecule has 4 rings (SSSR count). The number of carbonyl (C=O) groups is 2. The highest BCUT2D eigenvalue weighted by Gasteiger charge is 2.30. The van der Waals surface area contributed by atoms with E-state index in [1.165, 1.54) is 35.2 Å². The van der Waals surface area contributed by atoms with Gasteiger partial charge in [0.15, 0.2) is 6.10 Å². The zero-order valence-electron chi connectivity index (χ0n) is 21.9. The molecule has 2 amide bonds. The fourth-order valence-electron chi connectivity index (χ4n) is 4.07. The van der Waals surface area contributed by atoms with E-state index in [9.17, 15) is 32.3 Å². The largest absolute Gasteiger partial charge is 0.479 e. The number of halogens is 4. The van der Waals surface area contributed by atoms with Crippen molar-refractivity contribution in [2.24, 2.45) is 0 Å². The Morgan fingerprint density at radius 1 is 0.902 bits per heavy atom. The number of urea groups is 1. The zero-order valence-corrected chi connectivity index (χ0v) is 21.9. The van der Waals surface area contributed by atoms with E-state index in [2.05, 4.69) is 5.32 Å². The van der Waals surface area contributed by atoms with Crippen molar-refractivity contribution in [3.05, 3.63) is 114 Å². The van der Waals surface area contributed by atoms with Crippen molar-refractivity contribution in [3.63, 3.8) is 0 Å². The Balaban J connectivity index is 1.52. The third-order valence-electron chi connectivity index (χ3n) is 6.21. The highest BCUT2D eigenvalue weighted by atomic mass is 19.4. The molecule has 0 spiro atoms. The van der Waals surface area contributed by atoms with Gasteiger partial charge in [-0.3, -0.25) is 4.90 Å². The molecule has 212 valence electrons. The number of ether oxygens (including phenoxy) is 1. The van der Waals surface area contributed by atoms with Gasteiger partial charge < -0.3 is 15.2 Å². The number of nitrogens with zero attached hydrogens (tertiary/aromatic N) is 1. The molecule has 0 heterocycles. The number of amides is 2. The minimum Gasteiger partial charge on any atom is -0.479 e. The van der Waals surface area contributed by atoms with Crippen molar-refractivity contribution in [2.75, 3.05) is 10.2 Å². The van der Waals surface area contributed by atoms with Crippen molar-refractivity contribution in [1.29, 1.82) is 0 Å². The van der Waals surface area contributed by atoms with Crippen molar-refractivity contribution in [1.82, 2.24) is 0 Å². The molecular weight excluding hydrogens is 540 g/mol. The van der Waals surface area contributed by atoms with E-state index in [1.807, 2.05) is 12.1 Å². The van der Waals surface area contributed by atoms with E-state index in [0.717, 1.165) is 29.3 Å². The predicted octanol–water partition coefficient (Wildman–Crippen LogP) is 7.99. The summed E-state index contributed by atoms with van der Waals surface area (Å²) in [5, 5.41) is 11.7. The SMILES string of the molecule is CCC(Oc1ccc(-c2ccc(CN(C(=O)Nc3cccc(C(F)(F)F)c3)c3cccc(F)c3)cc2)cc1)C(=O)O. The number of benzene rings is 4. The van der Waals surface area contributed by atoms with Crippen LogP contribution in [0.25, 0.3) is 11.1 Å². The normalized spacial score (nSPS) is 11.9. The number of rotatable bonds is 9. The third kappa shape index (κ3) is 7.63. The van der Waals surface area contributed by atoms with Gasteiger partial charge in [-0.05, 0) is 71.6 Å². The van der Waals surface area contributed by atoms with E-state index in [0.29, 0.717) is 17.7 Å². The summed E-state index contributed by atoms with van der Waals surface area (Å²) in [5.74, 6) is -1.18. The molecule has 0 radical (unpaired) electrons. The van der Waals surface area contributed by atoms with Crippen molar-refractivity contribution in [2.45, 2.75) is 32.2 Å². The maximum absolute atomic E-state index is 14.0. The molecule has 4 aromatic carbocycles. The predicted molar refractivity (Wildman–Crippen MR) is 147 cm³/mol. The van der Waals surface area contributed by atoms with Crippen LogP contribution in [0.1, 0.15) is 24.5 Å². The van der Waals surface area contributed by atoms with Crippen LogP contribution in [-0.2, 0) is 17.5 Å². The van der Waals surface area contributed by atoms with Crippen LogP contribution in [0.5, 0.6) is 5.75 Å². The second-order valence-electron chi connectivity index (χ2n) is 9.15. The van der Waals surface area contributed by atoms with Crippen LogP contribution in [-0.4, -0.2) is 23.2 Å². The van der Waals surface area contributed by atoms with Gasteiger partial charge >= 0.3 is 18.2 Å². The number of aliphatic carboxylic acids is 1. The van der Waals surface area contributed by atoms with Gasteiger partial charge in [0.2, 0.25) is 0 Å². The highest BCUT2D eigenvalue weighted by Crippen LogP contribution is 2.31. The second-order valence-corrected chi connectivity index (χ2v) is 9.15. The second kappa shape index (κ2) is 12.5. The lowest BCUT2D eigenvalue weighted by atomic mass is 10.0. The minimum absolute atomic E-state index is 0.00883. The Morgan fingerprint density at radius 2 is 1.54 bits per heavy atom. The van der Waals surface area contributed by atoms with Crippen molar-refractivity contribution in [3.8, 4) is 16.9 Å². The Kier molecular flexibility index (Phi) is 8.91. The quantitative estimate of drug-likeness (QED) is 0.201. The number of hydrogen-bond donors (Lipinski definition) is 2. The van der Waals surface area contributed by atoms with Crippen LogP contribution in [0.4, 0.5) is 33.7 Å². The lowest BCUT2D eigenvalue weighted by Gasteiger charge is -2.24. The van der Waals surface area contributed by atoms with Gasteiger partial charge in [-0.25, -0.2) is 14.0 Å². The number of carboxylic acids is 1. The molecule has 0 fully saturated rings. The summed E-state index contributed by atoms with van der Waals surface area (Å²) in [5.41, 5.74) is 1.63. The van der Waals surface area contributed by atoms with Gasteiger partial charge in [0, 0.05) is 11.4 Å². The number of nitrogens with one attached hydrogen (secondary N) is 1. The molecule has 0 bridgehead atoms. The van der Waals surface area contributed by atoms with Crippen LogP contribution in [0.3, 0.4) is 0 Å². The lowest BCUT2D eigenvalue weighted by Crippen LogP contribution is -2.34. The van der Waals surface area contributed by atoms with Crippen molar-refractivity contribution >= 4 is 23.4 Å². The van der Waals surface area contributed by atoms with Crippen LogP contribution < -0.4 is 15.0 Å². The van der Waals surface area contributed by atoms with Gasteiger partial charge in [0.1, 0.15) is 11.6 Å². The topological polar surface area (TPSA) is 78.9 Å². The molecular formula is C31H26F4N2O4. The molecule has 1 unspecified atom stereocenters. The van der Waals surface area contributed by atoms with Gasteiger partial charge in [-0.2, -0.15) is 13.2 Å². The molecule has 0 saturated heterocycles. The first kappa shape index (κ1) is 29.1. The highest BCUT2D eigenvalue weighted by molar-refractivity contribution is 6.01. The maximum Gasteiger partial charge on any atom is 0.416 e. The smallest absolute Gasteiger partial charge is 0.416 e. The Labute approximate surface area is 233 Å². The fourth-order valence-corrected chi connectivity index (χ4v) is 4.07. The maximum atomic E-state index is 14.0. The van der Waals surface area contributed by atoms with Gasteiger partial charge in [0.25, 0.3) is 0 Å². The Morgan fingerprint density at radius 3 is 2.12 bits per heavy atom. The molecule has 0 aromatic heterocycles. The van der Waals surface area contributed by atoms with E-state index in [-0.39, 0.29) is 17.9 Å². The standard InChI is InChI=1S/C31H26F4N2O4/c1-2-28(29(38)39)41-27-15-13-22(14-16-27)21-11-9-20(10-12-21)19-37(26-8-4-6-24(32)18-26)30(40)36-25-7-3-5-23(17-25)31(33,34)35/h3-18,28H,2,19H2,1H3,(H,36,40)(H,38,39). The van der Waals surface area contributed by atoms with Gasteiger partial charge in [0.05, 0.1) is 12.1 Å². The monoisotopic (exact) mass is 566 g/mol. The molecule has 0 aliphatic carbocycles. The average molecular weight is 567 g/mol. The first-order valence-corrected chi connectivity index (χ1v) is 12.6. The number of alkyl halides is 3. The molecule has 0 aliphatic rings. The van der Waals surface area contributed by atoms with Crippen LogP contribution in [0.15, 0.2) is 97.1 Å². The summed E-state index contributed by atoms with van der Waals surface area (Å²) >= 11 is 0. The molecule has 1 atom stereocenters. The van der Waals surface area contributed by atoms with E-state index in [4.69, 9.17) is 4.74 Å². The third-order valence-corrected chi connectivity index (χ3v) is 6.21. The van der Waals surface area contributed by atoms with E-state index >= 15 is 0 Å². The average Bonchev–Trinajstić information content (AvgIpc) is 2.95. The molecule has 41 heavy (non-hydrogen) atoms. The number of carbonyl (C=O) groups excluding carboxylic acids is 1. The minimum atomic E-state index is -4.57. The van der Waals surface area contributed by atoms with Gasteiger partial charge in [-0.15, -0.1) is 0 Å².